The summed E-state index contributed by atoms with van der Waals surface area (Å²) in [5.41, 5.74) is 0.788. The van der Waals surface area contributed by atoms with Crippen molar-refractivity contribution in [1.82, 2.24) is 4.90 Å². The molecule has 0 aliphatic carbocycles. The first-order valence-corrected chi connectivity index (χ1v) is 9.12. The van der Waals surface area contributed by atoms with Crippen molar-refractivity contribution >= 4 is 29.3 Å². The van der Waals surface area contributed by atoms with Crippen LogP contribution >= 0.6 is 11.8 Å². The maximum Gasteiger partial charge on any atom is 0.247 e. The van der Waals surface area contributed by atoms with Gasteiger partial charge in [0.2, 0.25) is 11.8 Å². The molecule has 1 atom stereocenters. The van der Waals surface area contributed by atoms with Gasteiger partial charge in [0.05, 0.1) is 0 Å². The summed E-state index contributed by atoms with van der Waals surface area (Å²) in [6.07, 6.45) is 6.10. The zero-order valence-corrected chi connectivity index (χ0v) is 14.1. The number of anilines is 1. The lowest BCUT2D eigenvalue weighted by molar-refractivity contribution is -0.140. The van der Waals surface area contributed by atoms with Crippen LogP contribution in [0, 0.1) is 0 Å². The summed E-state index contributed by atoms with van der Waals surface area (Å²) in [7, 11) is 0. The lowest BCUT2D eigenvalue weighted by Gasteiger charge is -2.34. The van der Waals surface area contributed by atoms with Crippen LogP contribution in [-0.4, -0.2) is 35.6 Å². The minimum absolute atomic E-state index is 0.0685. The fraction of sp³-hybridized carbons (Fsp3) is 0.529. The Hall–Kier alpha value is -1.49. The first kappa shape index (κ1) is 16.9. The Morgan fingerprint density at radius 1 is 1.27 bits per heavy atom. The molecule has 5 heteroatoms. The van der Waals surface area contributed by atoms with E-state index in [0.29, 0.717) is 13.0 Å². The predicted molar refractivity (Wildman–Crippen MR) is 91.1 cm³/mol. The molecule has 2 rings (SSSR count). The van der Waals surface area contributed by atoms with Crippen LogP contribution < -0.4 is 5.32 Å². The van der Waals surface area contributed by atoms with Gasteiger partial charge in [0.1, 0.15) is 6.04 Å². The number of carbonyl (C=O) groups is 2. The molecule has 4 nitrogen and oxygen atoms in total. The molecule has 0 bridgehead atoms. The van der Waals surface area contributed by atoms with E-state index in [9.17, 15) is 9.59 Å². The molecular weight excluding hydrogens is 296 g/mol. The van der Waals surface area contributed by atoms with Gasteiger partial charge in [-0.15, -0.1) is 11.8 Å². The van der Waals surface area contributed by atoms with Crippen molar-refractivity contribution in [2.45, 2.75) is 50.0 Å². The fourth-order valence-corrected chi connectivity index (χ4v) is 3.17. The summed E-state index contributed by atoms with van der Waals surface area (Å²) in [5.74, 6) is 0.0288. The summed E-state index contributed by atoms with van der Waals surface area (Å²) < 4.78 is 0. The van der Waals surface area contributed by atoms with Crippen molar-refractivity contribution < 1.29 is 9.59 Å². The topological polar surface area (TPSA) is 49.4 Å². The maximum atomic E-state index is 12.5. The van der Waals surface area contributed by atoms with E-state index in [0.717, 1.165) is 36.3 Å². The monoisotopic (exact) mass is 320 g/mol. The zero-order chi connectivity index (χ0) is 15.9. The molecule has 1 aliphatic heterocycles. The number of amides is 2. The highest BCUT2D eigenvalue weighted by molar-refractivity contribution is 7.98. The third kappa shape index (κ3) is 4.26. The number of carbonyl (C=O) groups excluding carboxylic acids is 2. The lowest BCUT2D eigenvalue weighted by Crippen LogP contribution is -2.49. The molecule has 1 N–H and O–H groups in total. The smallest absolute Gasteiger partial charge is 0.247 e. The highest BCUT2D eigenvalue weighted by Crippen LogP contribution is 2.21. The molecule has 22 heavy (non-hydrogen) atoms. The van der Waals surface area contributed by atoms with Gasteiger partial charge in [-0.05, 0) is 56.2 Å². The summed E-state index contributed by atoms with van der Waals surface area (Å²) in [6, 6.07) is 7.46. The van der Waals surface area contributed by atoms with E-state index in [1.165, 1.54) is 0 Å². The summed E-state index contributed by atoms with van der Waals surface area (Å²) in [6.45, 7) is 2.69. The van der Waals surface area contributed by atoms with Crippen LogP contribution in [0.25, 0.3) is 0 Å². The fourth-order valence-electron chi connectivity index (χ4n) is 2.76. The molecule has 1 unspecified atom stereocenters. The van der Waals surface area contributed by atoms with Gasteiger partial charge in [0.25, 0.3) is 0 Å². The minimum Gasteiger partial charge on any atom is -0.331 e. The van der Waals surface area contributed by atoms with Crippen molar-refractivity contribution in [2.24, 2.45) is 0 Å². The van der Waals surface area contributed by atoms with Crippen LogP contribution in [0.5, 0.6) is 0 Å². The van der Waals surface area contributed by atoms with Gasteiger partial charge in [-0.2, -0.15) is 0 Å². The van der Waals surface area contributed by atoms with Gasteiger partial charge >= 0.3 is 0 Å². The normalized spacial score (nSPS) is 18.1. The second kappa shape index (κ2) is 8.22. The minimum atomic E-state index is -0.326. The van der Waals surface area contributed by atoms with E-state index in [1.54, 1.807) is 16.7 Å². The van der Waals surface area contributed by atoms with Crippen molar-refractivity contribution in [3.05, 3.63) is 24.3 Å². The summed E-state index contributed by atoms with van der Waals surface area (Å²) >= 11 is 1.67. The molecule has 1 aromatic rings. The van der Waals surface area contributed by atoms with Gasteiger partial charge < -0.3 is 10.2 Å². The molecule has 1 saturated heterocycles. The number of nitrogens with one attached hydrogen (secondary N) is 1. The van der Waals surface area contributed by atoms with Crippen LogP contribution in [0.1, 0.15) is 39.0 Å². The van der Waals surface area contributed by atoms with Gasteiger partial charge in [0.15, 0.2) is 0 Å². The average molecular weight is 320 g/mol. The number of benzene rings is 1. The Kier molecular flexibility index (Phi) is 6.31. The van der Waals surface area contributed by atoms with Crippen molar-refractivity contribution in [1.29, 1.82) is 0 Å². The average Bonchev–Trinajstić information content (AvgIpc) is 2.55. The second-order valence-corrected chi connectivity index (χ2v) is 6.45. The van der Waals surface area contributed by atoms with Crippen molar-refractivity contribution in [3.63, 3.8) is 0 Å². The highest BCUT2D eigenvalue weighted by Gasteiger charge is 2.31. The number of thioether (sulfide) groups is 1. The van der Waals surface area contributed by atoms with Gasteiger partial charge in [0, 0.05) is 23.5 Å². The molecule has 1 fully saturated rings. The number of likely N-dealkylation sites (tertiary alicyclic amines) is 1. The van der Waals surface area contributed by atoms with Gasteiger partial charge in [-0.1, -0.05) is 6.92 Å². The Morgan fingerprint density at radius 3 is 2.64 bits per heavy atom. The van der Waals surface area contributed by atoms with Crippen LogP contribution in [-0.2, 0) is 9.59 Å². The van der Waals surface area contributed by atoms with Gasteiger partial charge in [-0.3, -0.25) is 9.59 Å². The van der Waals surface area contributed by atoms with E-state index in [-0.39, 0.29) is 17.9 Å². The molecule has 1 aliphatic rings. The Bertz CT molecular complexity index is 516. The standard InChI is InChI=1S/C17H24N2O2S/c1-3-6-16(20)19-12-5-4-7-15(19)17(21)18-13-8-10-14(22-2)11-9-13/h8-11,15H,3-7,12H2,1-2H3,(H,18,21). The Labute approximate surface area is 136 Å². The second-order valence-electron chi connectivity index (χ2n) is 5.57. The number of nitrogens with zero attached hydrogens (tertiary/aromatic N) is 1. The number of piperidine rings is 1. The molecule has 0 spiro atoms. The van der Waals surface area contributed by atoms with E-state index in [1.807, 2.05) is 37.4 Å². The largest absolute Gasteiger partial charge is 0.331 e. The van der Waals surface area contributed by atoms with Crippen LogP contribution in [0.2, 0.25) is 0 Å². The first-order chi connectivity index (χ1) is 10.7. The number of hydrogen-bond donors (Lipinski definition) is 1. The van der Waals surface area contributed by atoms with Crippen LogP contribution in [0.3, 0.4) is 0 Å². The first-order valence-electron chi connectivity index (χ1n) is 7.90. The third-order valence-electron chi connectivity index (χ3n) is 3.95. The maximum absolute atomic E-state index is 12.5. The Balaban J connectivity index is 2.03. The SMILES string of the molecule is CCCC(=O)N1CCCCC1C(=O)Nc1ccc(SC)cc1. The predicted octanol–water partition coefficient (Wildman–Crippen LogP) is 3.53. The molecule has 0 aromatic heterocycles. The third-order valence-corrected chi connectivity index (χ3v) is 4.69. The summed E-state index contributed by atoms with van der Waals surface area (Å²) in [5, 5.41) is 2.95. The molecule has 1 heterocycles. The molecule has 2 amide bonds. The molecule has 0 saturated carbocycles. The van der Waals surface area contributed by atoms with E-state index < -0.39 is 0 Å². The lowest BCUT2D eigenvalue weighted by atomic mass is 10.0. The van der Waals surface area contributed by atoms with Gasteiger partial charge in [-0.25, -0.2) is 0 Å². The molecule has 120 valence electrons. The van der Waals surface area contributed by atoms with E-state index in [4.69, 9.17) is 0 Å². The van der Waals surface area contributed by atoms with Crippen LogP contribution in [0.15, 0.2) is 29.2 Å². The van der Waals surface area contributed by atoms with Crippen molar-refractivity contribution in [2.75, 3.05) is 18.1 Å². The van der Waals surface area contributed by atoms with Crippen molar-refractivity contribution in [3.8, 4) is 0 Å². The quantitative estimate of drug-likeness (QED) is 0.844. The Morgan fingerprint density at radius 2 is 2.00 bits per heavy atom. The van der Waals surface area contributed by atoms with Crippen LogP contribution in [0.4, 0.5) is 5.69 Å². The molecule has 1 aromatic carbocycles. The summed E-state index contributed by atoms with van der Waals surface area (Å²) in [4.78, 5) is 27.6. The molecule has 0 radical (unpaired) electrons. The molecular formula is C17H24N2O2S. The number of rotatable bonds is 5. The zero-order valence-electron chi connectivity index (χ0n) is 13.3. The highest BCUT2D eigenvalue weighted by atomic mass is 32.2. The number of hydrogen-bond acceptors (Lipinski definition) is 3. The van der Waals surface area contributed by atoms with E-state index >= 15 is 0 Å². The van der Waals surface area contributed by atoms with E-state index in [2.05, 4.69) is 5.32 Å².